The zero-order valence-electron chi connectivity index (χ0n) is 9.24. The largest absolute Gasteiger partial charge is 0.507 e. The molecule has 0 radical (unpaired) electrons. The monoisotopic (exact) mass is 250 g/mol. The van der Waals surface area contributed by atoms with Crippen molar-refractivity contribution in [2.75, 3.05) is 6.61 Å². The van der Waals surface area contributed by atoms with E-state index in [9.17, 15) is 9.90 Å². The van der Waals surface area contributed by atoms with Gasteiger partial charge in [-0.05, 0) is 30.5 Å². The Labute approximate surface area is 104 Å². The van der Waals surface area contributed by atoms with Crippen LogP contribution in [0.3, 0.4) is 0 Å². The number of benzene rings is 2. The standard InChI is InChI=1S/C13H11ClO3/c1-2-17-13(16)10-6-8-4-3-5-12(15)9(8)7-11(10)14/h3-7,15H,2H2,1H3. The summed E-state index contributed by atoms with van der Waals surface area (Å²) < 4.78 is 4.90. The summed E-state index contributed by atoms with van der Waals surface area (Å²) in [7, 11) is 0. The fourth-order valence-corrected chi connectivity index (χ4v) is 1.89. The van der Waals surface area contributed by atoms with E-state index in [2.05, 4.69) is 0 Å². The van der Waals surface area contributed by atoms with Crippen LogP contribution in [0.5, 0.6) is 5.75 Å². The topological polar surface area (TPSA) is 46.5 Å². The maximum atomic E-state index is 11.6. The lowest BCUT2D eigenvalue weighted by Crippen LogP contribution is -2.05. The number of ether oxygens (including phenoxy) is 1. The molecule has 0 aromatic heterocycles. The number of esters is 1. The van der Waals surface area contributed by atoms with E-state index in [1.54, 1.807) is 37.3 Å². The van der Waals surface area contributed by atoms with Crippen molar-refractivity contribution in [3.05, 3.63) is 40.9 Å². The van der Waals surface area contributed by atoms with Gasteiger partial charge in [0.2, 0.25) is 0 Å². The van der Waals surface area contributed by atoms with Crippen LogP contribution < -0.4 is 0 Å². The van der Waals surface area contributed by atoms with Gasteiger partial charge in [-0.25, -0.2) is 4.79 Å². The van der Waals surface area contributed by atoms with Crippen molar-refractivity contribution in [3.8, 4) is 5.75 Å². The Hall–Kier alpha value is -1.74. The van der Waals surface area contributed by atoms with Gasteiger partial charge in [0, 0.05) is 5.39 Å². The van der Waals surface area contributed by atoms with E-state index in [1.165, 1.54) is 0 Å². The molecule has 1 N–H and O–H groups in total. The molecular formula is C13H11ClO3. The van der Waals surface area contributed by atoms with E-state index < -0.39 is 5.97 Å². The van der Waals surface area contributed by atoms with Gasteiger partial charge >= 0.3 is 5.97 Å². The minimum atomic E-state index is -0.456. The predicted octanol–water partition coefficient (Wildman–Crippen LogP) is 3.38. The number of hydrogen-bond acceptors (Lipinski definition) is 3. The summed E-state index contributed by atoms with van der Waals surface area (Å²) in [5, 5.41) is 11.3. The Kier molecular flexibility index (Phi) is 3.20. The van der Waals surface area contributed by atoms with Gasteiger partial charge in [0.15, 0.2) is 0 Å². The Balaban J connectivity index is 2.60. The number of aromatic hydroxyl groups is 1. The molecule has 2 aromatic rings. The average Bonchev–Trinajstić information content (AvgIpc) is 2.30. The quantitative estimate of drug-likeness (QED) is 0.832. The molecule has 17 heavy (non-hydrogen) atoms. The first-order valence-corrected chi connectivity index (χ1v) is 5.59. The number of hydrogen-bond donors (Lipinski definition) is 1. The molecule has 0 aliphatic heterocycles. The van der Waals surface area contributed by atoms with Crippen LogP contribution in [0.15, 0.2) is 30.3 Å². The molecular weight excluding hydrogens is 240 g/mol. The molecule has 0 aliphatic rings. The van der Waals surface area contributed by atoms with Crippen LogP contribution in [0.2, 0.25) is 5.02 Å². The Morgan fingerprint density at radius 3 is 2.88 bits per heavy atom. The van der Waals surface area contributed by atoms with E-state index in [4.69, 9.17) is 16.3 Å². The Bertz CT molecular complexity index is 578. The van der Waals surface area contributed by atoms with Crippen molar-refractivity contribution in [1.29, 1.82) is 0 Å². The summed E-state index contributed by atoms with van der Waals surface area (Å²) in [5.41, 5.74) is 0.312. The molecule has 0 bridgehead atoms. The highest BCUT2D eigenvalue weighted by Crippen LogP contribution is 2.30. The van der Waals surface area contributed by atoms with Crippen molar-refractivity contribution in [1.82, 2.24) is 0 Å². The van der Waals surface area contributed by atoms with Crippen LogP contribution in [0, 0.1) is 0 Å². The molecule has 2 rings (SSSR count). The van der Waals surface area contributed by atoms with Crippen LogP contribution in [-0.4, -0.2) is 17.7 Å². The first-order chi connectivity index (χ1) is 8.13. The molecule has 2 aromatic carbocycles. The summed E-state index contributed by atoms with van der Waals surface area (Å²) in [6.45, 7) is 2.03. The number of halogens is 1. The van der Waals surface area contributed by atoms with Gasteiger partial charge in [-0.15, -0.1) is 0 Å². The fourth-order valence-electron chi connectivity index (χ4n) is 1.65. The number of phenolic OH excluding ortho intramolecular Hbond substituents is 1. The van der Waals surface area contributed by atoms with Crippen LogP contribution in [-0.2, 0) is 4.74 Å². The normalized spacial score (nSPS) is 10.5. The number of fused-ring (bicyclic) bond motifs is 1. The lowest BCUT2D eigenvalue weighted by Gasteiger charge is -2.07. The average molecular weight is 251 g/mol. The zero-order valence-corrected chi connectivity index (χ0v) is 9.99. The first kappa shape index (κ1) is 11.7. The van der Waals surface area contributed by atoms with Gasteiger partial charge in [-0.3, -0.25) is 0 Å². The third-order valence-electron chi connectivity index (χ3n) is 2.44. The van der Waals surface area contributed by atoms with E-state index in [0.29, 0.717) is 17.6 Å². The molecule has 0 unspecified atom stereocenters. The summed E-state index contributed by atoms with van der Waals surface area (Å²) in [6.07, 6.45) is 0. The predicted molar refractivity (Wildman–Crippen MR) is 66.6 cm³/mol. The molecule has 0 spiro atoms. The molecule has 0 saturated carbocycles. The highest BCUT2D eigenvalue weighted by molar-refractivity contribution is 6.34. The molecule has 88 valence electrons. The number of rotatable bonds is 2. The van der Waals surface area contributed by atoms with Crippen LogP contribution >= 0.6 is 11.6 Å². The molecule has 0 amide bonds. The van der Waals surface area contributed by atoms with Gasteiger partial charge in [0.05, 0.1) is 17.2 Å². The van der Waals surface area contributed by atoms with Crippen molar-refractivity contribution in [2.24, 2.45) is 0 Å². The number of carbonyl (C=O) groups is 1. The molecule has 0 aliphatic carbocycles. The van der Waals surface area contributed by atoms with E-state index >= 15 is 0 Å². The summed E-state index contributed by atoms with van der Waals surface area (Å²) in [5.74, 6) is -0.317. The van der Waals surface area contributed by atoms with Crippen molar-refractivity contribution in [3.63, 3.8) is 0 Å². The summed E-state index contributed by atoms with van der Waals surface area (Å²) >= 11 is 5.99. The Morgan fingerprint density at radius 2 is 2.18 bits per heavy atom. The minimum absolute atomic E-state index is 0.139. The van der Waals surface area contributed by atoms with Crippen molar-refractivity contribution in [2.45, 2.75) is 6.92 Å². The lowest BCUT2D eigenvalue weighted by atomic mass is 10.1. The Morgan fingerprint density at radius 1 is 1.41 bits per heavy atom. The summed E-state index contributed by atoms with van der Waals surface area (Å²) in [6, 6.07) is 8.27. The summed E-state index contributed by atoms with van der Waals surface area (Å²) in [4.78, 5) is 11.6. The second kappa shape index (κ2) is 4.63. The van der Waals surface area contributed by atoms with Gasteiger partial charge in [-0.1, -0.05) is 23.7 Å². The van der Waals surface area contributed by atoms with Crippen LogP contribution in [0.4, 0.5) is 0 Å². The third-order valence-corrected chi connectivity index (χ3v) is 2.75. The van der Waals surface area contributed by atoms with Gasteiger partial charge in [0.1, 0.15) is 5.75 Å². The van der Waals surface area contributed by atoms with E-state index in [0.717, 1.165) is 5.39 Å². The zero-order chi connectivity index (χ0) is 12.4. The second-order valence-electron chi connectivity index (χ2n) is 3.55. The first-order valence-electron chi connectivity index (χ1n) is 5.22. The lowest BCUT2D eigenvalue weighted by molar-refractivity contribution is 0.0527. The maximum Gasteiger partial charge on any atom is 0.339 e. The second-order valence-corrected chi connectivity index (χ2v) is 3.96. The minimum Gasteiger partial charge on any atom is -0.507 e. The number of phenols is 1. The smallest absolute Gasteiger partial charge is 0.339 e. The highest BCUT2D eigenvalue weighted by Gasteiger charge is 2.13. The van der Waals surface area contributed by atoms with E-state index in [1.807, 2.05) is 0 Å². The van der Waals surface area contributed by atoms with Crippen molar-refractivity contribution < 1.29 is 14.6 Å². The van der Waals surface area contributed by atoms with Crippen LogP contribution in [0.1, 0.15) is 17.3 Å². The molecule has 0 atom stereocenters. The SMILES string of the molecule is CCOC(=O)c1cc2cccc(O)c2cc1Cl. The molecule has 0 heterocycles. The molecule has 3 nitrogen and oxygen atoms in total. The van der Waals surface area contributed by atoms with Gasteiger partial charge < -0.3 is 9.84 Å². The number of carbonyl (C=O) groups excluding carboxylic acids is 1. The maximum absolute atomic E-state index is 11.6. The third kappa shape index (κ3) is 2.19. The highest BCUT2D eigenvalue weighted by atomic mass is 35.5. The molecule has 4 heteroatoms. The fraction of sp³-hybridized carbons (Fsp3) is 0.154. The van der Waals surface area contributed by atoms with Gasteiger partial charge in [0.25, 0.3) is 0 Å². The molecule has 0 saturated heterocycles. The van der Waals surface area contributed by atoms with Crippen molar-refractivity contribution >= 4 is 28.3 Å². The molecule has 0 fully saturated rings. The van der Waals surface area contributed by atoms with Crippen LogP contribution in [0.25, 0.3) is 10.8 Å². The van der Waals surface area contributed by atoms with Gasteiger partial charge in [-0.2, -0.15) is 0 Å². The van der Waals surface area contributed by atoms with E-state index in [-0.39, 0.29) is 10.8 Å².